The third-order valence-electron chi connectivity index (χ3n) is 1.43. The molecule has 0 fully saturated rings. The number of alkyl halides is 3. The first-order valence-electron chi connectivity index (χ1n) is 3.48. The van der Waals surface area contributed by atoms with E-state index in [1.165, 1.54) is 0 Å². The summed E-state index contributed by atoms with van der Waals surface area (Å²) in [5.41, 5.74) is -0.710. The molecule has 0 atom stereocenters. The molecule has 0 unspecified atom stereocenters. The maximum atomic E-state index is 12.0. The Morgan fingerprint density at radius 1 is 1.07 bits per heavy atom. The van der Waals surface area contributed by atoms with E-state index in [2.05, 4.69) is 0 Å². The van der Waals surface area contributed by atoms with Crippen molar-refractivity contribution in [1.29, 1.82) is 0 Å². The number of hydrogen-bond donors (Lipinski definition) is 2. The van der Waals surface area contributed by atoms with Crippen molar-refractivity contribution < 1.29 is 21.6 Å². The van der Waals surface area contributed by atoms with E-state index in [4.69, 9.17) is 0 Å². The van der Waals surface area contributed by atoms with Gasteiger partial charge < -0.3 is 0 Å². The van der Waals surface area contributed by atoms with Crippen molar-refractivity contribution in [1.82, 2.24) is 0 Å². The molecule has 78 valence electrons. The molecule has 0 spiro atoms. The highest BCUT2D eigenvalue weighted by Gasteiger charge is 2.29. The molecule has 1 aromatic carbocycles. The van der Waals surface area contributed by atoms with Crippen LogP contribution >= 0.6 is 0 Å². The van der Waals surface area contributed by atoms with Gasteiger partial charge in [0, 0.05) is 5.69 Å². The van der Waals surface area contributed by atoms with Crippen LogP contribution in [0.4, 0.5) is 18.9 Å². The Hall–Kier alpha value is -1.24. The molecule has 14 heavy (non-hydrogen) atoms. The van der Waals surface area contributed by atoms with Gasteiger partial charge in [0.1, 0.15) is 0 Å². The fourth-order valence-corrected chi connectivity index (χ4v) is 1.20. The van der Waals surface area contributed by atoms with Crippen LogP contribution in [0.1, 0.15) is 5.56 Å². The number of thiol groups is 1. The zero-order valence-electron chi connectivity index (χ0n) is 6.71. The summed E-state index contributed by atoms with van der Waals surface area (Å²) in [7, 11) is -2.85. The van der Waals surface area contributed by atoms with E-state index in [0.717, 1.165) is 24.3 Å². The molecule has 0 aliphatic heterocycles. The number of hydrogen-bond acceptors (Lipinski definition) is 2. The van der Waals surface area contributed by atoms with Crippen molar-refractivity contribution in [2.24, 2.45) is 0 Å². The fraction of sp³-hybridized carbons (Fsp3) is 0.143. The van der Waals surface area contributed by atoms with Gasteiger partial charge in [-0.05, 0) is 24.3 Å². The summed E-state index contributed by atoms with van der Waals surface area (Å²) in [6, 6.07) is 3.71. The topological polar surface area (TPSA) is 46.2 Å². The average molecular weight is 225 g/mol. The molecule has 0 saturated heterocycles. The third kappa shape index (κ3) is 2.91. The lowest BCUT2D eigenvalue weighted by Crippen LogP contribution is -2.04. The second-order valence-electron chi connectivity index (χ2n) is 2.44. The van der Waals surface area contributed by atoms with Crippen LogP contribution in [0.5, 0.6) is 0 Å². The molecular weight excluding hydrogens is 219 g/mol. The maximum absolute atomic E-state index is 12.0. The maximum Gasteiger partial charge on any atom is 0.416 e. The average Bonchev–Trinajstić information content (AvgIpc) is 2.02. The SMILES string of the molecule is O=[SH](=O)Nc1ccc(C(F)(F)F)cc1. The Balaban J connectivity index is 2.89. The van der Waals surface area contributed by atoms with Crippen molar-refractivity contribution in [3.05, 3.63) is 29.8 Å². The van der Waals surface area contributed by atoms with E-state index < -0.39 is 22.6 Å². The van der Waals surface area contributed by atoms with Crippen molar-refractivity contribution in [2.45, 2.75) is 6.18 Å². The van der Waals surface area contributed by atoms with Gasteiger partial charge in [-0.15, -0.1) is 0 Å². The molecule has 0 saturated carbocycles. The second-order valence-corrected chi connectivity index (χ2v) is 3.18. The monoisotopic (exact) mass is 225 g/mol. The molecule has 0 bridgehead atoms. The minimum absolute atomic E-state index is 0.106. The van der Waals surface area contributed by atoms with Crippen molar-refractivity contribution in [3.8, 4) is 0 Å². The van der Waals surface area contributed by atoms with Crippen molar-refractivity contribution in [3.63, 3.8) is 0 Å². The normalized spacial score (nSPS) is 11.7. The highest BCUT2D eigenvalue weighted by molar-refractivity contribution is 7.73. The predicted molar refractivity (Wildman–Crippen MR) is 45.4 cm³/mol. The lowest BCUT2D eigenvalue weighted by Gasteiger charge is -2.06. The third-order valence-corrected chi connectivity index (χ3v) is 1.87. The summed E-state index contributed by atoms with van der Waals surface area (Å²) in [5.74, 6) is 0. The van der Waals surface area contributed by atoms with Crippen LogP contribution in [0.15, 0.2) is 24.3 Å². The summed E-state index contributed by atoms with van der Waals surface area (Å²) in [6.45, 7) is 0. The van der Waals surface area contributed by atoms with E-state index in [9.17, 15) is 21.6 Å². The van der Waals surface area contributed by atoms with E-state index in [-0.39, 0.29) is 5.69 Å². The number of halogens is 3. The van der Waals surface area contributed by atoms with Gasteiger partial charge in [-0.2, -0.15) is 13.2 Å². The fourth-order valence-electron chi connectivity index (χ4n) is 0.839. The molecule has 1 N–H and O–H groups in total. The van der Waals surface area contributed by atoms with E-state index in [0.29, 0.717) is 0 Å². The Bertz CT molecular complexity index is 375. The minimum Gasteiger partial charge on any atom is -0.286 e. The second kappa shape index (κ2) is 3.87. The van der Waals surface area contributed by atoms with Gasteiger partial charge in [0.05, 0.1) is 5.56 Å². The predicted octanol–water partition coefficient (Wildman–Crippen LogP) is 1.64. The first-order chi connectivity index (χ1) is 6.39. The van der Waals surface area contributed by atoms with Crippen molar-refractivity contribution in [2.75, 3.05) is 4.72 Å². The van der Waals surface area contributed by atoms with E-state index >= 15 is 0 Å². The first kappa shape index (κ1) is 10.8. The van der Waals surface area contributed by atoms with Crippen LogP contribution in [0.3, 0.4) is 0 Å². The number of anilines is 1. The highest BCUT2D eigenvalue weighted by atomic mass is 32.2. The van der Waals surface area contributed by atoms with Crippen LogP contribution in [0.25, 0.3) is 0 Å². The molecule has 0 aliphatic carbocycles. The molecule has 1 aromatic rings. The van der Waals surface area contributed by atoms with Crippen LogP contribution < -0.4 is 4.72 Å². The Morgan fingerprint density at radius 2 is 1.57 bits per heavy atom. The molecule has 1 rings (SSSR count). The zero-order valence-corrected chi connectivity index (χ0v) is 7.60. The van der Waals surface area contributed by atoms with Crippen LogP contribution in [-0.2, 0) is 17.1 Å². The Kier molecular flexibility index (Phi) is 3.00. The molecule has 0 heterocycles. The summed E-state index contributed by atoms with van der Waals surface area (Å²) >= 11 is 0. The minimum atomic E-state index is -4.40. The Labute approximate surface area is 79.6 Å². The van der Waals surface area contributed by atoms with Crippen LogP contribution in [-0.4, -0.2) is 8.42 Å². The van der Waals surface area contributed by atoms with Gasteiger partial charge in [0.15, 0.2) is 0 Å². The molecule has 7 heteroatoms. The van der Waals surface area contributed by atoms with Gasteiger partial charge in [0.25, 0.3) is 0 Å². The summed E-state index contributed by atoms with van der Waals surface area (Å²) in [5, 5.41) is 0. The zero-order chi connectivity index (χ0) is 10.8. The lowest BCUT2D eigenvalue weighted by molar-refractivity contribution is -0.137. The summed E-state index contributed by atoms with van der Waals surface area (Å²) in [4.78, 5) is 0. The summed E-state index contributed by atoms with van der Waals surface area (Å²) in [6.07, 6.45) is -4.40. The van der Waals surface area contributed by atoms with Crippen LogP contribution in [0, 0.1) is 0 Å². The molecule has 0 radical (unpaired) electrons. The van der Waals surface area contributed by atoms with Crippen LogP contribution in [0.2, 0.25) is 0 Å². The standard InChI is InChI=1S/C7H6F3NO2S/c8-7(9,10)5-1-3-6(4-2-5)11-14(12)13/h1-4,14H,(H,11,12,13). The van der Waals surface area contributed by atoms with Gasteiger partial charge in [0.2, 0.25) is 10.9 Å². The quantitative estimate of drug-likeness (QED) is 0.751. The molecule has 0 aromatic heterocycles. The van der Waals surface area contributed by atoms with Gasteiger partial charge in [-0.1, -0.05) is 0 Å². The molecular formula is C7H6F3NO2S. The Morgan fingerprint density at radius 3 is 1.93 bits per heavy atom. The smallest absolute Gasteiger partial charge is 0.286 e. The largest absolute Gasteiger partial charge is 0.416 e. The molecule has 0 amide bonds. The lowest BCUT2D eigenvalue weighted by atomic mass is 10.2. The number of rotatable bonds is 2. The highest BCUT2D eigenvalue weighted by Crippen LogP contribution is 2.29. The summed E-state index contributed by atoms with van der Waals surface area (Å²) < 4.78 is 58.4. The van der Waals surface area contributed by atoms with E-state index in [1.807, 2.05) is 4.72 Å². The molecule has 0 aliphatic rings. The van der Waals surface area contributed by atoms with E-state index in [1.54, 1.807) is 0 Å². The van der Waals surface area contributed by atoms with Gasteiger partial charge >= 0.3 is 6.18 Å². The first-order valence-corrected chi connectivity index (χ1v) is 4.65. The molecule has 3 nitrogen and oxygen atoms in total. The van der Waals surface area contributed by atoms with Gasteiger partial charge in [-0.25, -0.2) is 8.42 Å². The van der Waals surface area contributed by atoms with Gasteiger partial charge in [-0.3, -0.25) is 4.72 Å². The number of benzene rings is 1. The van der Waals surface area contributed by atoms with Crippen molar-refractivity contribution >= 4 is 16.6 Å². The number of nitrogens with one attached hydrogen (secondary N) is 1.